The van der Waals surface area contributed by atoms with Gasteiger partial charge in [0.1, 0.15) is 0 Å². The summed E-state index contributed by atoms with van der Waals surface area (Å²) in [6.45, 7) is 4.98. The topological polar surface area (TPSA) is 72.9 Å². The molecule has 0 radical (unpaired) electrons. The molecule has 0 aromatic heterocycles. The third-order valence-corrected chi connectivity index (χ3v) is 5.02. The van der Waals surface area contributed by atoms with Gasteiger partial charge in [-0.3, -0.25) is 0 Å². The summed E-state index contributed by atoms with van der Waals surface area (Å²) < 4.78 is 27.0. The molecule has 0 amide bonds. The lowest BCUT2D eigenvalue weighted by Crippen LogP contribution is -2.44. The molecule has 0 heterocycles. The van der Waals surface area contributed by atoms with Crippen molar-refractivity contribution < 1.29 is 13.5 Å². The van der Waals surface area contributed by atoms with Crippen molar-refractivity contribution in [1.82, 2.24) is 13.9 Å². The predicted molar refractivity (Wildman–Crippen MR) is 76.0 cm³/mol. The van der Waals surface area contributed by atoms with Crippen LogP contribution in [-0.2, 0) is 10.2 Å². The number of hydrogen-bond donors (Lipinski definition) is 2. The number of rotatable bonds is 11. The van der Waals surface area contributed by atoms with Gasteiger partial charge in [-0.25, -0.2) is 0 Å². The van der Waals surface area contributed by atoms with Crippen molar-refractivity contribution in [3.63, 3.8) is 0 Å². The molecule has 1 rings (SSSR count). The highest BCUT2D eigenvalue weighted by molar-refractivity contribution is 7.86. The average molecular weight is 291 g/mol. The van der Waals surface area contributed by atoms with E-state index in [1.54, 1.807) is 7.05 Å². The molecule has 0 saturated heterocycles. The normalized spacial score (nSPS) is 16.2. The quantitative estimate of drug-likeness (QED) is 0.408. The molecule has 112 valence electrons. The number of nitrogens with one attached hydrogen (secondary N) is 1. The van der Waals surface area contributed by atoms with Gasteiger partial charge in [-0.2, -0.15) is 17.0 Å². The minimum absolute atomic E-state index is 0.0962. The monoisotopic (exact) mass is 291 g/mol. The van der Waals surface area contributed by atoms with Crippen LogP contribution in [-0.4, -0.2) is 68.0 Å². The van der Waals surface area contributed by atoms with E-state index in [1.807, 2.05) is 0 Å². The molecule has 7 heteroatoms. The predicted octanol–water partition coefficient (Wildman–Crippen LogP) is -0.215. The fraction of sp³-hybridized carbons (Fsp3) is 0.833. The number of aliphatic hydroxyl groups excluding tert-OH is 1. The summed E-state index contributed by atoms with van der Waals surface area (Å²) in [7, 11) is -1.93. The first-order valence-corrected chi connectivity index (χ1v) is 8.08. The van der Waals surface area contributed by atoms with E-state index < -0.39 is 10.2 Å². The van der Waals surface area contributed by atoms with E-state index in [0.29, 0.717) is 12.6 Å². The summed E-state index contributed by atoms with van der Waals surface area (Å²) in [6.07, 6.45) is 4.78. The summed E-state index contributed by atoms with van der Waals surface area (Å²) in [5.41, 5.74) is 0. The second-order valence-corrected chi connectivity index (χ2v) is 6.82. The number of aliphatic hydroxyl groups is 1. The zero-order valence-corrected chi connectivity index (χ0v) is 12.4. The molecule has 1 fully saturated rings. The van der Waals surface area contributed by atoms with Crippen molar-refractivity contribution in [1.29, 1.82) is 0 Å². The maximum absolute atomic E-state index is 12.2. The van der Waals surface area contributed by atoms with Gasteiger partial charge in [-0.15, -0.1) is 6.58 Å². The number of nitrogens with zero attached hydrogens (tertiary/aromatic N) is 2. The van der Waals surface area contributed by atoms with E-state index >= 15 is 0 Å². The highest BCUT2D eigenvalue weighted by atomic mass is 32.2. The Labute approximate surface area is 116 Å². The first-order chi connectivity index (χ1) is 9.02. The van der Waals surface area contributed by atoms with Crippen molar-refractivity contribution in [3.8, 4) is 0 Å². The van der Waals surface area contributed by atoms with Gasteiger partial charge in [0.05, 0.1) is 6.61 Å². The maximum Gasteiger partial charge on any atom is 0.282 e. The van der Waals surface area contributed by atoms with E-state index in [0.717, 1.165) is 13.0 Å². The van der Waals surface area contributed by atoms with Gasteiger partial charge in [0.2, 0.25) is 0 Å². The molecule has 0 aromatic rings. The summed E-state index contributed by atoms with van der Waals surface area (Å²) in [5.74, 6) is 0. The van der Waals surface area contributed by atoms with Gasteiger partial charge in [0.25, 0.3) is 10.2 Å². The molecule has 0 bridgehead atoms. The summed E-state index contributed by atoms with van der Waals surface area (Å²) in [4.78, 5) is 0. The van der Waals surface area contributed by atoms with Gasteiger partial charge in [-0.05, 0) is 25.8 Å². The molecule has 0 unspecified atom stereocenters. The third kappa shape index (κ3) is 5.58. The Morgan fingerprint density at radius 1 is 1.42 bits per heavy atom. The molecular weight excluding hydrogens is 266 g/mol. The summed E-state index contributed by atoms with van der Waals surface area (Å²) in [5, 5.41) is 12.3. The summed E-state index contributed by atoms with van der Waals surface area (Å²) >= 11 is 0. The van der Waals surface area contributed by atoms with Crippen molar-refractivity contribution in [3.05, 3.63) is 12.7 Å². The molecule has 6 nitrogen and oxygen atoms in total. The highest BCUT2D eigenvalue weighted by Gasteiger charge is 2.25. The Kier molecular flexibility index (Phi) is 6.95. The highest BCUT2D eigenvalue weighted by Crippen LogP contribution is 2.18. The fourth-order valence-corrected chi connectivity index (χ4v) is 3.12. The Morgan fingerprint density at radius 2 is 2.11 bits per heavy atom. The van der Waals surface area contributed by atoms with Crippen LogP contribution in [0.3, 0.4) is 0 Å². The first kappa shape index (κ1) is 16.6. The van der Waals surface area contributed by atoms with Crippen LogP contribution in [0.15, 0.2) is 12.7 Å². The Morgan fingerprint density at radius 3 is 2.63 bits per heavy atom. The molecule has 0 aromatic carbocycles. The van der Waals surface area contributed by atoms with E-state index in [4.69, 9.17) is 5.11 Å². The zero-order chi connectivity index (χ0) is 14.3. The van der Waals surface area contributed by atoms with Gasteiger partial charge in [0.15, 0.2) is 0 Å². The molecule has 0 spiro atoms. The summed E-state index contributed by atoms with van der Waals surface area (Å²) in [6, 6.07) is 0.647. The molecule has 0 aliphatic heterocycles. The molecule has 19 heavy (non-hydrogen) atoms. The van der Waals surface area contributed by atoms with E-state index in [-0.39, 0.29) is 19.7 Å². The largest absolute Gasteiger partial charge is 0.395 e. The fourth-order valence-electron chi connectivity index (χ4n) is 1.76. The second-order valence-electron chi connectivity index (χ2n) is 4.78. The maximum atomic E-state index is 12.2. The lowest BCUT2D eigenvalue weighted by Gasteiger charge is -2.26. The Balaban J connectivity index is 2.39. The van der Waals surface area contributed by atoms with Crippen molar-refractivity contribution in [2.75, 3.05) is 39.8 Å². The SMILES string of the molecule is C=CCN(CCO)S(=O)(=O)N(C)CCCNC1CC1. The standard InChI is InChI=1S/C12H25N3O3S/c1-3-8-15(10-11-16)19(17,18)14(2)9-4-7-13-12-5-6-12/h3,12-13,16H,1,4-11H2,2H3. The van der Waals surface area contributed by atoms with Crippen molar-refractivity contribution in [2.45, 2.75) is 25.3 Å². The minimum Gasteiger partial charge on any atom is -0.395 e. The molecule has 1 saturated carbocycles. The van der Waals surface area contributed by atoms with Crippen LogP contribution in [0, 0.1) is 0 Å². The van der Waals surface area contributed by atoms with Crippen LogP contribution in [0.25, 0.3) is 0 Å². The van der Waals surface area contributed by atoms with Gasteiger partial charge in [0, 0.05) is 32.7 Å². The smallest absolute Gasteiger partial charge is 0.282 e. The zero-order valence-electron chi connectivity index (χ0n) is 11.6. The lowest BCUT2D eigenvalue weighted by atomic mass is 10.4. The number of hydrogen-bond acceptors (Lipinski definition) is 4. The molecule has 2 N–H and O–H groups in total. The van der Waals surface area contributed by atoms with Gasteiger partial charge in [-0.1, -0.05) is 6.08 Å². The molecule has 1 aliphatic rings. The van der Waals surface area contributed by atoms with Crippen LogP contribution in [0.5, 0.6) is 0 Å². The Hall–Kier alpha value is -0.470. The second kappa shape index (κ2) is 7.96. The van der Waals surface area contributed by atoms with Gasteiger partial charge >= 0.3 is 0 Å². The minimum atomic E-state index is -3.50. The lowest BCUT2D eigenvalue weighted by molar-refractivity contribution is 0.253. The van der Waals surface area contributed by atoms with E-state index in [1.165, 1.54) is 27.5 Å². The van der Waals surface area contributed by atoms with Crippen LogP contribution in [0.4, 0.5) is 0 Å². The third-order valence-electron chi connectivity index (χ3n) is 3.06. The molecule has 0 atom stereocenters. The van der Waals surface area contributed by atoms with Crippen LogP contribution in [0.2, 0.25) is 0 Å². The van der Waals surface area contributed by atoms with Crippen molar-refractivity contribution >= 4 is 10.2 Å². The Bertz CT molecular complexity index is 368. The van der Waals surface area contributed by atoms with E-state index in [2.05, 4.69) is 11.9 Å². The van der Waals surface area contributed by atoms with Crippen molar-refractivity contribution in [2.24, 2.45) is 0 Å². The van der Waals surface area contributed by atoms with E-state index in [9.17, 15) is 8.42 Å². The van der Waals surface area contributed by atoms with Crippen LogP contribution in [0.1, 0.15) is 19.3 Å². The average Bonchev–Trinajstić information content (AvgIpc) is 3.18. The van der Waals surface area contributed by atoms with Crippen LogP contribution >= 0.6 is 0 Å². The van der Waals surface area contributed by atoms with Crippen LogP contribution < -0.4 is 5.32 Å². The van der Waals surface area contributed by atoms with Gasteiger partial charge < -0.3 is 10.4 Å². The molecular formula is C12H25N3O3S. The first-order valence-electron chi connectivity index (χ1n) is 6.69. The molecule has 1 aliphatic carbocycles.